The van der Waals surface area contributed by atoms with Crippen LogP contribution in [-0.4, -0.2) is 45.3 Å². The first-order chi connectivity index (χ1) is 17.9. The summed E-state index contributed by atoms with van der Waals surface area (Å²) in [4.78, 5) is 50.1. The molecule has 3 heterocycles. The maximum absolute atomic E-state index is 13.0. The van der Waals surface area contributed by atoms with Crippen molar-refractivity contribution in [1.82, 2.24) is 0 Å². The van der Waals surface area contributed by atoms with Gasteiger partial charge in [0.2, 0.25) is 6.10 Å². The summed E-state index contributed by atoms with van der Waals surface area (Å²) in [5, 5.41) is 0.522. The van der Waals surface area contributed by atoms with Crippen molar-refractivity contribution in [2.75, 3.05) is 21.3 Å². The zero-order valence-corrected chi connectivity index (χ0v) is 19.9. The SMILES string of the molecule is COC(=O)c1cc(C(=O)OC)cc(-c2ccc(C3c4c(c5ccccc5oc4=O)OC3C(=O)OC)o2)c1. The molecule has 0 amide bonds. The average molecular weight is 504 g/mol. The van der Waals surface area contributed by atoms with Crippen LogP contribution in [0.25, 0.3) is 22.3 Å². The van der Waals surface area contributed by atoms with E-state index in [1.807, 2.05) is 0 Å². The van der Waals surface area contributed by atoms with Gasteiger partial charge in [0, 0.05) is 5.56 Å². The molecule has 37 heavy (non-hydrogen) atoms. The Morgan fingerprint density at radius 1 is 0.811 bits per heavy atom. The summed E-state index contributed by atoms with van der Waals surface area (Å²) in [7, 11) is 3.65. The minimum absolute atomic E-state index is 0.104. The molecule has 0 saturated carbocycles. The van der Waals surface area contributed by atoms with Crippen LogP contribution in [0.2, 0.25) is 0 Å². The van der Waals surface area contributed by atoms with Crippen molar-refractivity contribution in [1.29, 1.82) is 0 Å². The first-order valence-electron chi connectivity index (χ1n) is 11.1. The number of carbonyl (C=O) groups excluding carboxylic acids is 3. The van der Waals surface area contributed by atoms with Crippen molar-refractivity contribution >= 4 is 28.9 Å². The van der Waals surface area contributed by atoms with Crippen LogP contribution in [0.5, 0.6) is 5.75 Å². The molecular weight excluding hydrogens is 484 g/mol. The Morgan fingerprint density at radius 2 is 1.49 bits per heavy atom. The highest BCUT2D eigenvalue weighted by molar-refractivity contribution is 5.97. The van der Waals surface area contributed by atoms with Gasteiger partial charge >= 0.3 is 23.5 Å². The lowest BCUT2D eigenvalue weighted by atomic mass is 9.93. The standard InChI is InChI=1S/C27H20O10/c1-32-24(28)14-10-13(11-15(12-14)25(29)33-2)17-8-9-19(35-17)20-21-22(37-23(20)27(31)34-3)16-6-4-5-7-18(16)36-26(21)30/h4-12,20,23H,1-3H3. The topological polar surface area (TPSA) is 131 Å². The Bertz CT molecular complexity index is 1570. The summed E-state index contributed by atoms with van der Waals surface area (Å²) >= 11 is 0. The molecule has 0 spiro atoms. The number of carbonyl (C=O) groups is 3. The van der Waals surface area contributed by atoms with Gasteiger partial charge in [-0.15, -0.1) is 0 Å². The number of hydrogen-bond acceptors (Lipinski definition) is 10. The van der Waals surface area contributed by atoms with E-state index in [0.29, 0.717) is 16.5 Å². The number of rotatable bonds is 5. The summed E-state index contributed by atoms with van der Waals surface area (Å²) in [6.45, 7) is 0. The lowest BCUT2D eigenvalue weighted by molar-refractivity contribution is -0.148. The van der Waals surface area contributed by atoms with Gasteiger partial charge in [0.25, 0.3) is 0 Å². The molecule has 1 aliphatic heterocycles. The fourth-order valence-electron chi connectivity index (χ4n) is 4.39. The molecular formula is C27H20O10. The Hall–Kier alpha value is -4.86. The van der Waals surface area contributed by atoms with Gasteiger partial charge in [-0.3, -0.25) is 0 Å². The van der Waals surface area contributed by atoms with E-state index in [-0.39, 0.29) is 34.0 Å². The van der Waals surface area contributed by atoms with E-state index < -0.39 is 35.6 Å². The predicted octanol–water partition coefficient (Wildman–Crippen LogP) is 3.69. The molecule has 188 valence electrons. The lowest BCUT2D eigenvalue weighted by Gasteiger charge is -2.14. The summed E-state index contributed by atoms with van der Waals surface area (Å²) in [5.74, 6) is -2.31. The zero-order valence-electron chi connectivity index (χ0n) is 19.9. The van der Waals surface area contributed by atoms with E-state index in [1.54, 1.807) is 36.4 Å². The van der Waals surface area contributed by atoms with Crippen LogP contribution in [0.4, 0.5) is 0 Å². The number of para-hydroxylation sites is 1. The Labute approximate surface area is 209 Å². The third-order valence-corrected chi connectivity index (χ3v) is 6.08. The lowest BCUT2D eigenvalue weighted by Crippen LogP contribution is -2.31. The van der Waals surface area contributed by atoms with Gasteiger partial charge in [-0.1, -0.05) is 12.1 Å². The maximum atomic E-state index is 13.0. The van der Waals surface area contributed by atoms with Crippen LogP contribution < -0.4 is 10.4 Å². The zero-order chi connectivity index (χ0) is 26.3. The van der Waals surface area contributed by atoms with E-state index >= 15 is 0 Å². The molecule has 0 bridgehead atoms. The summed E-state index contributed by atoms with van der Waals surface area (Å²) in [6, 6.07) is 14.3. The fraction of sp³-hybridized carbons (Fsp3) is 0.185. The molecule has 0 radical (unpaired) electrons. The van der Waals surface area contributed by atoms with Gasteiger partial charge in [-0.2, -0.15) is 0 Å². The maximum Gasteiger partial charge on any atom is 0.348 e. The van der Waals surface area contributed by atoms with Crippen molar-refractivity contribution in [3.8, 4) is 17.1 Å². The highest BCUT2D eigenvalue weighted by Gasteiger charge is 2.46. The van der Waals surface area contributed by atoms with E-state index in [1.165, 1.54) is 39.5 Å². The predicted molar refractivity (Wildman–Crippen MR) is 128 cm³/mol. The third-order valence-electron chi connectivity index (χ3n) is 6.08. The van der Waals surface area contributed by atoms with E-state index in [4.69, 9.17) is 27.8 Å². The number of furan rings is 1. The van der Waals surface area contributed by atoms with Gasteiger partial charge in [-0.25, -0.2) is 19.2 Å². The van der Waals surface area contributed by atoms with Gasteiger partial charge in [0.15, 0.2) is 0 Å². The number of fused-ring (bicyclic) bond motifs is 3. The van der Waals surface area contributed by atoms with Crippen molar-refractivity contribution in [3.05, 3.63) is 87.5 Å². The Balaban J connectivity index is 1.65. The molecule has 2 unspecified atom stereocenters. The second kappa shape index (κ2) is 9.30. The number of hydrogen-bond donors (Lipinski definition) is 0. The molecule has 5 rings (SSSR count). The van der Waals surface area contributed by atoms with Crippen LogP contribution in [0, 0.1) is 0 Å². The fourth-order valence-corrected chi connectivity index (χ4v) is 4.39. The molecule has 2 aromatic heterocycles. The van der Waals surface area contributed by atoms with Gasteiger partial charge < -0.3 is 27.8 Å². The number of benzene rings is 2. The van der Waals surface area contributed by atoms with Crippen LogP contribution in [0.15, 0.2) is 68.2 Å². The monoisotopic (exact) mass is 504 g/mol. The first-order valence-corrected chi connectivity index (χ1v) is 11.1. The molecule has 2 aromatic carbocycles. The smallest absolute Gasteiger partial charge is 0.348 e. The molecule has 0 saturated heterocycles. The minimum Gasteiger partial charge on any atom is -0.476 e. The second-order valence-electron chi connectivity index (χ2n) is 8.15. The number of ether oxygens (including phenoxy) is 4. The summed E-state index contributed by atoms with van der Waals surface area (Å²) < 4.78 is 32.0. The van der Waals surface area contributed by atoms with Crippen molar-refractivity contribution in [3.63, 3.8) is 0 Å². The number of esters is 3. The third kappa shape index (κ3) is 4.02. The summed E-state index contributed by atoms with van der Waals surface area (Å²) in [6.07, 6.45) is -1.21. The van der Waals surface area contributed by atoms with Crippen LogP contribution in [0.3, 0.4) is 0 Å². The molecule has 10 nitrogen and oxygen atoms in total. The molecule has 0 fully saturated rings. The van der Waals surface area contributed by atoms with Gasteiger partial charge in [0.05, 0.1) is 43.4 Å². The molecule has 10 heteroatoms. The largest absolute Gasteiger partial charge is 0.476 e. The van der Waals surface area contributed by atoms with E-state index in [0.717, 1.165) is 0 Å². The average Bonchev–Trinajstić information content (AvgIpc) is 3.57. The van der Waals surface area contributed by atoms with Crippen LogP contribution >= 0.6 is 0 Å². The molecule has 1 aliphatic rings. The first kappa shape index (κ1) is 23.9. The number of methoxy groups -OCH3 is 3. The molecule has 2 atom stereocenters. The molecule has 0 aliphatic carbocycles. The normalized spacial score (nSPS) is 16.1. The van der Waals surface area contributed by atoms with E-state index in [2.05, 4.69) is 0 Å². The van der Waals surface area contributed by atoms with Crippen molar-refractivity contribution < 1.29 is 42.2 Å². The highest BCUT2D eigenvalue weighted by Crippen LogP contribution is 2.45. The quantitative estimate of drug-likeness (QED) is 0.225. The molecule has 4 aromatic rings. The highest BCUT2D eigenvalue weighted by atomic mass is 16.6. The minimum atomic E-state index is -1.21. The van der Waals surface area contributed by atoms with Crippen molar-refractivity contribution in [2.24, 2.45) is 0 Å². The van der Waals surface area contributed by atoms with Crippen LogP contribution in [0.1, 0.15) is 38.0 Å². The van der Waals surface area contributed by atoms with Crippen molar-refractivity contribution in [2.45, 2.75) is 12.0 Å². The second-order valence-corrected chi connectivity index (χ2v) is 8.15. The van der Waals surface area contributed by atoms with Gasteiger partial charge in [-0.05, 0) is 42.5 Å². The Kier molecular flexibility index (Phi) is 6.00. The van der Waals surface area contributed by atoms with Gasteiger partial charge in [0.1, 0.15) is 28.8 Å². The molecule has 0 N–H and O–H groups in total. The Morgan fingerprint density at radius 3 is 2.14 bits per heavy atom. The van der Waals surface area contributed by atoms with Crippen LogP contribution in [-0.2, 0) is 19.0 Å². The van der Waals surface area contributed by atoms with E-state index in [9.17, 15) is 19.2 Å². The summed E-state index contributed by atoms with van der Waals surface area (Å²) in [5.41, 5.74) is 0.330.